The van der Waals surface area contributed by atoms with Crippen molar-refractivity contribution in [3.63, 3.8) is 0 Å². The van der Waals surface area contributed by atoms with Crippen LogP contribution in [0.15, 0.2) is 42.5 Å². The maximum Gasteiger partial charge on any atom is 0.262 e. The molecule has 148 valence electrons. The van der Waals surface area contributed by atoms with Crippen LogP contribution < -0.4 is 15.0 Å². The van der Waals surface area contributed by atoms with Gasteiger partial charge < -0.3 is 15.0 Å². The highest BCUT2D eigenvalue weighted by molar-refractivity contribution is 6.30. The number of hydrogen-bond acceptors (Lipinski definition) is 3. The molecular formula is C22H25ClN2O3. The Bertz CT molecular complexity index is 867. The molecule has 2 amide bonds. The number of anilines is 2. The summed E-state index contributed by atoms with van der Waals surface area (Å²) in [5, 5.41) is 3.41. The van der Waals surface area contributed by atoms with Crippen LogP contribution in [0.1, 0.15) is 32.3 Å². The molecule has 0 atom stereocenters. The summed E-state index contributed by atoms with van der Waals surface area (Å²) in [4.78, 5) is 26.4. The number of hydrogen-bond donors (Lipinski definition) is 1. The van der Waals surface area contributed by atoms with E-state index in [2.05, 4.69) is 19.2 Å². The molecule has 0 unspecified atom stereocenters. The second kappa shape index (κ2) is 9.11. The first-order valence-electron chi connectivity index (χ1n) is 9.54. The lowest BCUT2D eigenvalue weighted by Gasteiger charge is -2.30. The number of rotatable bonds is 7. The summed E-state index contributed by atoms with van der Waals surface area (Å²) >= 11 is 5.91. The van der Waals surface area contributed by atoms with Gasteiger partial charge in [0.15, 0.2) is 6.61 Å². The van der Waals surface area contributed by atoms with Gasteiger partial charge in [0.2, 0.25) is 5.91 Å². The lowest BCUT2D eigenvalue weighted by atomic mass is 9.99. The lowest BCUT2D eigenvalue weighted by molar-refractivity contribution is -0.119. The normalized spacial score (nSPS) is 13.4. The predicted octanol–water partition coefficient (Wildman–Crippen LogP) is 4.68. The molecule has 5 nitrogen and oxygen atoms in total. The topological polar surface area (TPSA) is 58.6 Å². The van der Waals surface area contributed by atoms with Gasteiger partial charge in [-0.2, -0.15) is 0 Å². The molecule has 28 heavy (non-hydrogen) atoms. The van der Waals surface area contributed by atoms with Crippen molar-refractivity contribution in [3.05, 3.63) is 53.1 Å². The maximum atomic E-state index is 12.3. The number of halogens is 1. The molecule has 6 heteroatoms. The number of amides is 2. The fourth-order valence-corrected chi connectivity index (χ4v) is 3.35. The molecule has 0 radical (unpaired) electrons. The summed E-state index contributed by atoms with van der Waals surface area (Å²) in [5.74, 6) is 1.01. The second-order valence-corrected chi connectivity index (χ2v) is 7.80. The summed E-state index contributed by atoms with van der Waals surface area (Å²) in [6, 6.07) is 12.6. The Balaban J connectivity index is 1.62. The summed E-state index contributed by atoms with van der Waals surface area (Å²) in [6.07, 6.45) is 2.15. The minimum Gasteiger partial charge on any atom is -0.484 e. The van der Waals surface area contributed by atoms with Gasteiger partial charge in [-0.3, -0.25) is 9.59 Å². The largest absolute Gasteiger partial charge is 0.484 e. The molecule has 1 N–H and O–H groups in total. The zero-order valence-electron chi connectivity index (χ0n) is 16.2. The Morgan fingerprint density at radius 2 is 2.04 bits per heavy atom. The molecule has 2 aromatic carbocycles. The smallest absolute Gasteiger partial charge is 0.262 e. The van der Waals surface area contributed by atoms with E-state index in [1.54, 1.807) is 24.3 Å². The quantitative estimate of drug-likeness (QED) is 0.733. The summed E-state index contributed by atoms with van der Waals surface area (Å²) in [6.45, 7) is 4.93. The third kappa shape index (κ3) is 5.26. The minimum atomic E-state index is -0.247. The first kappa shape index (κ1) is 20.2. The molecule has 1 aliphatic rings. The molecular weight excluding hydrogens is 376 g/mol. The molecule has 0 saturated carbocycles. The number of carbonyl (C=O) groups excluding carboxylic acids is 2. The van der Waals surface area contributed by atoms with Gasteiger partial charge in [-0.25, -0.2) is 0 Å². The van der Waals surface area contributed by atoms with Gasteiger partial charge >= 0.3 is 0 Å². The van der Waals surface area contributed by atoms with Gasteiger partial charge in [-0.15, -0.1) is 0 Å². The molecule has 1 heterocycles. The fraction of sp³-hybridized carbons (Fsp3) is 0.364. The molecule has 0 bridgehead atoms. The van der Waals surface area contributed by atoms with Gasteiger partial charge in [0.05, 0.1) is 0 Å². The Hall–Kier alpha value is -2.53. The summed E-state index contributed by atoms with van der Waals surface area (Å²) < 4.78 is 5.47. The SMILES string of the molecule is CC(C)CCN1C(=O)CCc2cc(NC(=O)COc3cccc(Cl)c3)ccc21. The van der Waals surface area contributed by atoms with E-state index in [1.807, 2.05) is 23.1 Å². The van der Waals surface area contributed by atoms with Crippen LogP contribution in [-0.2, 0) is 16.0 Å². The number of nitrogens with one attached hydrogen (secondary N) is 1. The number of nitrogens with zero attached hydrogens (tertiary/aromatic N) is 1. The Morgan fingerprint density at radius 3 is 2.79 bits per heavy atom. The van der Waals surface area contributed by atoms with Gasteiger partial charge in [0.25, 0.3) is 5.91 Å². The van der Waals surface area contributed by atoms with Crippen molar-refractivity contribution in [1.29, 1.82) is 0 Å². The van der Waals surface area contributed by atoms with E-state index in [9.17, 15) is 9.59 Å². The minimum absolute atomic E-state index is 0.101. The van der Waals surface area contributed by atoms with Gasteiger partial charge in [0.1, 0.15) is 5.75 Å². The standard InChI is InChI=1S/C22H25ClN2O3/c1-15(2)10-11-25-20-8-7-18(12-16(20)6-9-22(25)27)24-21(26)14-28-19-5-3-4-17(23)13-19/h3-5,7-8,12-13,15H,6,9-11,14H2,1-2H3,(H,24,26). The second-order valence-electron chi connectivity index (χ2n) is 7.37. The van der Waals surface area contributed by atoms with E-state index in [0.29, 0.717) is 35.2 Å². The molecule has 0 aromatic heterocycles. The third-order valence-corrected chi connectivity index (χ3v) is 4.89. The number of carbonyl (C=O) groups is 2. The van der Waals surface area contributed by atoms with Crippen LogP contribution in [0.25, 0.3) is 0 Å². The van der Waals surface area contributed by atoms with Crippen molar-refractivity contribution in [2.45, 2.75) is 33.1 Å². The number of benzene rings is 2. The van der Waals surface area contributed by atoms with Crippen LogP contribution in [0.4, 0.5) is 11.4 Å². The highest BCUT2D eigenvalue weighted by atomic mass is 35.5. The van der Waals surface area contributed by atoms with Gasteiger partial charge in [0, 0.05) is 29.4 Å². The van der Waals surface area contributed by atoms with E-state index in [1.165, 1.54) is 0 Å². The Labute approximate surface area is 170 Å². The summed E-state index contributed by atoms with van der Waals surface area (Å²) in [7, 11) is 0. The van der Waals surface area contributed by atoms with Crippen LogP contribution in [0.5, 0.6) is 5.75 Å². The van der Waals surface area contributed by atoms with E-state index >= 15 is 0 Å². The van der Waals surface area contributed by atoms with Crippen LogP contribution >= 0.6 is 11.6 Å². The van der Waals surface area contributed by atoms with Crippen LogP contribution in [-0.4, -0.2) is 25.0 Å². The highest BCUT2D eigenvalue weighted by Gasteiger charge is 2.24. The van der Waals surface area contributed by atoms with Crippen molar-refractivity contribution in [2.75, 3.05) is 23.4 Å². The van der Waals surface area contributed by atoms with Crippen molar-refractivity contribution in [3.8, 4) is 5.75 Å². The van der Waals surface area contributed by atoms with E-state index in [4.69, 9.17) is 16.3 Å². The van der Waals surface area contributed by atoms with E-state index < -0.39 is 0 Å². The molecule has 0 aliphatic carbocycles. The fourth-order valence-electron chi connectivity index (χ4n) is 3.17. The molecule has 0 spiro atoms. The maximum absolute atomic E-state index is 12.3. The van der Waals surface area contributed by atoms with Crippen molar-refractivity contribution < 1.29 is 14.3 Å². The highest BCUT2D eigenvalue weighted by Crippen LogP contribution is 2.31. The number of ether oxygens (including phenoxy) is 1. The van der Waals surface area contributed by atoms with Crippen molar-refractivity contribution in [2.24, 2.45) is 5.92 Å². The zero-order valence-corrected chi connectivity index (χ0v) is 17.0. The van der Waals surface area contributed by atoms with Crippen molar-refractivity contribution in [1.82, 2.24) is 0 Å². The molecule has 2 aromatic rings. The van der Waals surface area contributed by atoms with Crippen LogP contribution in [0.2, 0.25) is 5.02 Å². The first-order valence-corrected chi connectivity index (χ1v) is 9.91. The average Bonchev–Trinajstić information content (AvgIpc) is 2.65. The van der Waals surface area contributed by atoms with Crippen LogP contribution in [0, 0.1) is 5.92 Å². The van der Waals surface area contributed by atoms with Gasteiger partial charge in [-0.05, 0) is 60.7 Å². The molecule has 3 rings (SSSR count). The average molecular weight is 401 g/mol. The molecule has 1 aliphatic heterocycles. The van der Waals surface area contributed by atoms with Crippen LogP contribution in [0.3, 0.4) is 0 Å². The monoisotopic (exact) mass is 400 g/mol. The molecule has 0 fully saturated rings. The van der Waals surface area contributed by atoms with Crippen molar-refractivity contribution >= 4 is 34.8 Å². The van der Waals surface area contributed by atoms with Gasteiger partial charge in [-0.1, -0.05) is 31.5 Å². The lowest BCUT2D eigenvalue weighted by Crippen LogP contribution is -2.36. The Morgan fingerprint density at radius 1 is 1.21 bits per heavy atom. The predicted molar refractivity (Wildman–Crippen MR) is 112 cm³/mol. The molecule has 0 saturated heterocycles. The zero-order chi connectivity index (χ0) is 20.1. The van der Waals surface area contributed by atoms with E-state index in [0.717, 1.165) is 24.2 Å². The summed E-state index contributed by atoms with van der Waals surface area (Å²) in [5.41, 5.74) is 2.73. The third-order valence-electron chi connectivity index (χ3n) is 4.66. The number of aryl methyl sites for hydroxylation is 1. The first-order chi connectivity index (χ1) is 13.4. The van der Waals surface area contributed by atoms with E-state index in [-0.39, 0.29) is 18.4 Å². The number of fused-ring (bicyclic) bond motifs is 1. The Kier molecular flexibility index (Phi) is 6.57.